The minimum Gasteiger partial charge on any atom is -1.00 e. The molecule has 2 N–H and O–H groups in total. The number of quaternary nitrogens is 2. The summed E-state index contributed by atoms with van der Waals surface area (Å²) in [5, 5.41) is 5.51. The fourth-order valence-electron chi connectivity index (χ4n) is 1.91. The molecule has 2 amide bonds. The van der Waals surface area contributed by atoms with Gasteiger partial charge in [0.25, 0.3) is 0 Å². The first-order valence-corrected chi connectivity index (χ1v) is 9.42. The zero-order valence-corrected chi connectivity index (χ0v) is 21.5. The highest BCUT2D eigenvalue weighted by atomic mass is 79.9. The van der Waals surface area contributed by atoms with Gasteiger partial charge in [0.15, 0.2) is 0 Å². The Morgan fingerprint density at radius 2 is 0.964 bits per heavy atom. The van der Waals surface area contributed by atoms with Crippen LogP contribution in [0.3, 0.4) is 0 Å². The maximum Gasteiger partial charge on any atom is 0.407 e. The van der Waals surface area contributed by atoms with E-state index in [0.717, 1.165) is 47.7 Å². The Morgan fingerprint density at radius 3 is 1.25 bits per heavy atom. The van der Waals surface area contributed by atoms with Crippen LogP contribution in [0.4, 0.5) is 9.59 Å². The van der Waals surface area contributed by atoms with Crippen molar-refractivity contribution in [3.05, 3.63) is 0 Å². The number of nitrogens with zero attached hydrogens (tertiary/aromatic N) is 2. The molecular weight excluding hydrogens is 496 g/mol. The normalized spacial score (nSPS) is 10.9. The first-order valence-electron chi connectivity index (χ1n) is 9.42. The summed E-state index contributed by atoms with van der Waals surface area (Å²) in [5.74, 6) is 0. The second kappa shape index (κ2) is 17.3. The summed E-state index contributed by atoms with van der Waals surface area (Å²) in [7, 11) is 12.3. The van der Waals surface area contributed by atoms with Crippen molar-refractivity contribution in [2.24, 2.45) is 0 Å². The van der Waals surface area contributed by atoms with Crippen molar-refractivity contribution in [1.82, 2.24) is 10.6 Å². The van der Waals surface area contributed by atoms with Gasteiger partial charge < -0.3 is 63.0 Å². The van der Waals surface area contributed by atoms with E-state index in [2.05, 4.69) is 52.9 Å². The maximum atomic E-state index is 11.5. The van der Waals surface area contributed by atoms with Crippen molar-refractivity contribution in [2.75, 3.05) is 81.7 Å². The van der Waals surface area contributed by atoms with E-state index in [1.807, 2.05) is 0 Å². The van der Waals surface area contributed by atoms with Gasteiger partial charge in [-0.15, -0.1) is 0 Å². The highest BCUT2D eigenvalue weighted by Gasteiger charge is 2.09. The number of halogens is 2. The summed E-state index contributed by atoms with van der Waals surface area (Å²) >= 11 is 0. The van der Waals surface area contributed by atoms with Crippen LogP contribution in [0, 0.1) is 0 Å². The van der Waals surface area contributed by atoms with Crippen LogP contribution in [-0.4, -0.2) is 103 Å². The van der Waals surface area contributed by atoms with E-state index in [0.29, 0.717) is 26.3 Å². The van der Waals surface area contributed by atoms with E-state index in [9.17, 15) is 9.59 Å². The molecule has 0 spiro atoms. The molecule has 0 fully saturated rings. The smallest absolute Gasteiger partial charge is 0.407 e. The molecule has 0 radical (unpaired) electrons. The average Bonchev–Trinajstić information content (AvgIpc) is 2.47. The number of hydrogen-bond donors (Lipinski definition) is 2. The van der Waals surface area contributed by atoms with E-state index in [1.54, 1.807) is 0 Å². The first-order chi connectivity index (χ1) is 12.0. The lowest BCUT2D eigenvalue weighted by Gasteiger charge is -2.23. The highest BCUT2D eigenvalue weighted by Crippen LogP contribution is 1.98. The Kier molecular flexibility index (Phi) is 19.8. The van der Waals surface area contributed by atoms with E-state index < -0.39 is 0 Å². The maximum absolute atomic E-state index is 11.5. The van der Waals surface area contributed by atoms with Gasteiger partial charge >= 0.3 is 12.2 Å². The number of rotatable bonds is 13. The molecule has 0 aliphatic carbocycles. The zero-order chi connectivity index (χ0) is 20.1. The molecule has 0 aromatic heterocycles. The molecular formula is C18H40Br2N4O4. The predicted molar refractivity (Wildman–Crippen MR) is 103 cm³/mol. The lowest BCUT2D eigenvalue weighted by atomic mass is 10.2. The average molecular weight is 536 g/mol. The molecule has 0 saturated heterocycles. The minimum absolute atomic E-state index is 0. The number of carbonyl (C=O) groups excluding carboxylic acids is 2. The summed E-state index contributed by atoms with van der Waals surface area (Å²) in [6.07, 6.45) is 3.10. The van der Waals surface area contributed by atoms with Crippen LogP contribution in [-0.2, 0) is 9.47 Å². The Bertz CT molecular complexity index is 375. The third-order valence-corrected chi connectivity index (χ3v) is 3.63. The highest BCUT2D eigenvalue weighted by molar-refractivity contribution is 5.67. The summed E-state index contributed by atoms with van der Waals surface area (Å²) < 4.78 is 11.8. The summed E-state index contributed by atoms with van der Waals surface area (Å²) in [5.41, 5.74) is 0. The molecule has 0 aromatic rings. The Labute approximate surface area is 192 Å². The standard InChI is InChI=1S/C18H38N4O4.2BrH/c1-21(2,3)13-15-25-17(23)19-11-9-7-8-10-12-20-18(24)26-16-14-22(4,5)6;;/h7-16H2,1-6H3;2*1H. The molecule has 0 unspecified atom stereocenters. The fraction of sp³-hybridized carbons (Fsp3) is 0.889. The van der Waals surface area contributed by atoms with E-state index >= 15 is 0 Å². The van der Waals surface area contributed by atoms with Gasteiger partial charge in [-0.25, -0.2) is 9.59 Å². The lowest BCUT2D eigenvalue weighted by molar-refractivity contribution is -0.870. The van der Waals surface area contributed by atoms with Gasteiger partial charge in [0.05, 0.1) is 42.3 Å². The van der Waals surface area contributed by atoms with Gasteiger partial charge in [0, 0.05) is 13.1 Å². The van der Waals surface area contributed by atoms with E-state index in [1.165, 1.54) is 0 Å². The number of nitrogens with one attached hydrogen (secondary N) is 2. The molecule has 0 saturated carbocycles. The van der Waals surface area contributed by atoms with Crippen LogP contribution in [0.2, 0.25) is 0 Å². The van der Waals surface area contributed by atoms with Gasteiger partial charge in [0.2, 0.25) is 0 Å². The number of carbonyl (C=O) groups is 2. The molecule has 0 rings (SSSR count). The molecule has 8 nitrogen and oxygen atoms in total. The Hall–Kier alpha value is -0.580. The third kappa shape index (κ3) is 25.4. The topological polar surface area (TPSA) is 76.7 Å². The fourth-order valence-corrected chi connectivity index (χ4v) is 1.91. The van der Waals surface area contributed by atoms with Crippen molar-refractivity contribution >= 4 is 12.2 Å². The molecule has 0 aromatic carbocycles. The van der Waals surface area contributed by atoms with Crippen LogP contribution in [0.25, 0.3) is 0 Å². The van der Waals surface area contributed by atoms with Crippen LogP contribution in [0.15, 0.2) is 0 Å². The quantitative estimate of drug-likeness (QED) is 0.184. The van der Waals surface area contributed by atoms with Crippen LogP contribution >= 0.6 is 0 Å². The molecule has 10 heteroatoms. The van der Waals surface area contributed by atoms with Gasteiger partial charge in [-0.2, -0.15) is 0 Å². The summed E-state index contributed by atoms with van der Waals surface area (Å²) in [6.45, 7) is 3.65. The predicted octanol–water partition coefficient (Wildman–Crippen LogP) is -4.58. The summed E-state index contributed by atoms with van der Waals surface area (Å²) in [4.78, 5) is 23.0. The number of amides is 2. The van der Waals surface area contributed by atoms with Crippen molar-refractivity contribution in [3.63, 3.8) is 0 Å². The molecule has 0 aliphatic rings. The largest absolute Gasteiger partial charge is 1.00 e. The zero-order valence-electron chi connectivity index (χ0n) is 18.4. The second-order valence-electron chi connectivity index (χ2n) is 8.57. The number of hydrogen-bond acceptors (Lipinski definition) is 4. The molecule has 0 bridgehead atoms. The van der Waals surface area contributed by atoms with Gasteiger partial charge in [0.1, 0.15) is 26.3 Å². The summed E-state index contributed by atoms with van der Waals surface area (Å²) in [6, 6.07) is 0. The monoisotopic (exact) mass is 534 g/mol. The van der Waals surface area contributed by atoms with Gasteiger partial charge in [-0.05, 0) is 12.8 Å². The minimum atomic E-state index is -0.350. The molecule has 0 heterocycles. The third-order valence-electron chi connectivity index (χ3n) is 3.63. The van der Waals surface area contributed by atoms with Gasteiger partial charge in [-0.3, -0.25) is 0 Å². The van der Waals surface area contributed by atoms with Crippen LogP contribution in [0.5, 0.6) is 0 Å². The Balaban J connectivity index is -0.00000312. The van der Waals surface area contributed by atoms with Gasteiger partial charge in [-0.1, -0.05) is 12.8 Å². The van der Waals surface area contributed by atoms with Crippen molar-refractivity contribution in [2.45, 2.75) is 25.7 Å². The molecule has 0 aliphatic heterocycles. The molecule has 28 heavy (non-hydrogen) atoms. The van der Waals surface area contributed by atoms with Crippen molar-refractivity contribution in [3.8, 4) is 0 Å². The van der Waals surface area contributed by atoms with Crippen LogP contribution < -0.4 is 44.6 Å². The first kappa shape index (κ1) is 32.1. The van der Waals surface area contributed by atoms with Crippen molar-refractivity contribution < 1.29 is 62.0 Å². The van der Waals surface area contributed by atoms with E-state index in [4.69, 9.17) is 9.47 Å². The van der Waals surface area contributed by atoms with E-state index in [-0.39, 0.29) is 46.1 Å². The molecule has 170 valence electrons. The number of alkyl carbamates (subject to hydrolysis) is 2. The Morgan fingerprint density at radius 1 is 0.643 bits per heavy atom. The SMILES string of the molecule is C[N+](C)(C)CCOC(=O)NCCCCCCNC(=O)OCC[N+](C)(C)C.[Br-].[Br-]. The lowest BCUT2D eigenvalue weighted by Crippen LogP contribution is -3.00. The number of ether oxygens (including phenoxy) is 2. The van der Waals surface area contributed by atoms with Crippen molar-refractivity contribution in [1.29, 1.82) is 0 Å². The second-order valence-corrected chi connectivity index (χ2v) is 8.57. The molecule has 0 atom stereocenters. The number of unbranched alkanes of at least 4 members (excludes halogenated alkanes) is 3. The number of likely N-dealkylation sites (N-methyl/N-ethyl adjacent to an activating group) is 2. The van der Waals surface area contributed by atoms with Crippen LogP contribution in [0.1, 0.15) is 25.7 Å².